The molecule has 0 aliphatic carbocycles. The monoisotopic (exact) mass is 364 g/mol. The lowest BCUT2D eigenvalue weighted by atomic mass is 9.87. The Morgan fingerprint density at radius 2 is 1.59 bits per heavy atom. The number of rotatable bonds is 5. The predicted octanol–water partition coefficient (Wildman–Crippen LogP) is 5.58. The maximum Gasteiger partial charge on any atom is 0.229 e. The van der Waals surface area contributed by atoms with Crippen LogP contribution in [0.25, 0.3) is 0 Å². The van der Waals surface area contributed by atoms with Crippen LogP contribution in [-0.2, 0) is 12.0 Å². The second kappa shape index (κ2) is 7.74. The standard InChI is InChI=1S/C22H25FN4/c1-15-13-20(24-14-16-5-9-18(23)10-6-16)27-21(25-15)26-19-11-7-17(8-12-19)22(2,3)4/h5-13H,14H2,1-4H3,(H2,24,25,26,27). The molecule has 0 atom stereocenters. The fourth-order valence-corrected chi connectivity index (χ4v) is 2.69. The molecule has 0 radical (unpaired) electrons. The lowest BCUT2D eigenvalue weighted by Crippen LogP contribution is -2.10. The Labute approximate surface area is 159 Å². The van der Waals surface area contributed by atoms with E-state index in [1.165, 1.54) is 17.7 Å². The van der Waals surface area contributed by atoms with Crippen molar-refractivity contribution in [2.24, 2.45) is 0 Å². The Morgan fingerprint density at radius 1 is 0.926 bits per heavy atom. The number of anilines is 3. The summed E-state index contributed by atoms with van der Waals surface area (Å²) in [5.74, 6) is 1.03. The van der Waals surface area contributed by atoms with Crippen LogP contribution in [0, 0.1) is 12.7 Å². The largest absolute Gasteiger partial charge is 0.366 e. The van der Waals surface area contributed by atoms with E-state index in [-0.39, 0.29) is 11.2 Å². The average molecular weight is 364 g/mol. The van der Waals surface area contributed by atoms with E-state index in [0.29, 0.717) is 12.5 Å². The number of aromatic nitrogens is 2. The van der Waals surface area contributed by atoms with E-state index in [9.17, 15) is 4.39 Å². The van der Waals surface area contributed by atoms with Crippen molar-refractivity contribution in [3.05, 3.63) is 77.2 Å². The summed E-state index contributed by atoms with van der Waals surface area (Å²) in [4.78, 5) is 8.98. The molecule has 0 saturated heterocycles. The summed E-state index contributed by atoms with van der Waals surface area (Å²) in [5.41, 5.74) is 4.19. The minimum atomic E-state index is -0.236. The van der Waals surface area contributed by atoms with Crippen LogP contribution >= 0.6 is 0 Å². The third-order valence-corrected chi connectivity index (χ3v) is 4.25. The van der Waals surface area contributed by atoms with Gasteiger partial charge in [0.15, 0.2) is 0 Å². The average Bonchev–Trinajstić information content (AvgIpc) is 2.60. The highest BCUT2D eigenvalue weighted by Gasteiger charge is 2.13. The first-order valence-corrected chi connectivity index (χ1v) is 9.01. The van der Waals surface area contributed by atoms with E-state index in [1.807, 2.05) is 25.1 Å². The molecule has 0 bridgehead atoms. The van der Waals surface area contributed by atoms with E-state index in [2.05, 4.69) is 53.5 Å². The number of halogens is 1. The van der Waals surface area contributed by atoms with Gasteiger partial charge in [-0.3, -0.25) is 0 Å². The second-order valence-electron chi connectivity index (χ2n) is 7.65. The molecule has 2 aromatic carbocycles. The molecular formula is C22H25FN4. The van der Waals surface area contributed by atoms with E-state index >= 15 is 0 Å². The minimum Gasteiger partial charge on any atom is -0.366 e. The van der Waals surface area contributed by atoms with Crippen molar-refractivity contribution in [2.45, 2.75) is 39.7 Å². The molecule has 1 heterocycles. The number of nitrogens with one attached hydrogen (secondary N) is 2. The third-order valence-electron chi connectivity index (χ3n) is 4.25. The van der Waals surface area contributed by atoms with Gasteiger partial charge < -0.3 is 10.6 Å². The molecule has 0 aliphatic rings. The maximum absolute atomic E-state index is 13.0. The van der Waals surface area contributed by atoms with Gasteiger partial charge in [0.1, 0.15) is 11.6 Å². The third kappa shape index (κ3) is 5.26. The number of nitrogens with zero attached hydrogens (tertiary/aromatic N) is 2. The molecule has 0 saturated carbocycles. The molecule has 0 fully saturated rings. The van der Waals surface area contributed by atoms with Crippen LogP contribution < -0.4 is 10.6 Å². The first-order valence-electron chi connectivity index (χ1n) is 9.01. The van der Waals surface area contributed by atoms with Gasteiger partial charge in [-0.25, -0.2) is 9.37 Å². The summed E-state index contributed by atoms with van der Waals surface area (Å²) < 4.78 is 13.0. The molecule has 4 nitrogen and oxygen atoms in total. The molecule has 3 aromatic rings. The maximum atomic E-state index is 13.0. The smallest absolute Gasteiger partial charge is 0.229 e. The predicted molar refractivity (Wildman–Crippen MR) is 109 cm³/mol. The molecule has 1 aromatic heterocycles. The first kappa shape index (κ1) is 18.8. The zero-order valence-electron chi connectivity index (χ0n) is 16.2. The summed E-state index contributed by atoms with van der Waals surface area (Å²) in [5, 5.41) is 6.52. The fourth-order valence-electron chi connectivity index (χ4n) is 2.69. The van der Waals surface area contributed by atoms with E-state index < -0.39 is 0 Å². The van der Waals surface area contributed by atoms with Crippen LogP contribution in [0.15, 0.2) is 54.6 Å². The van der Waals surface area contributed by atoms with Crippen LogP contribution in [0.3, 0.4) is 0 Å². The molecule has 0 amide bonds. The van der Waals surface area contributed by atoms with Crippen molar-refractivity contribution in [1.29, 1.82) is 0 Å². The highest BCUT2D eigenvalue weighted by molar-refractivity contribution is 5.56. The highest BCUT2D eigenvalue weighted by atomic mass is 19.1. The Morgan fingerprint density at radius 3 is 2.22 bits per heavy atom. The van der Waals surface area contributed by atoms with Crippen molar-refractivity contribution < 1.29 is 4.39 Å². The van der Waals surface area contributed by atoms with Crippen LogP contribution in [0.4, 0.5) is 21.8 Å². The van der Waals surface area contributed by atoms with Crippen molar-refractivity contribution in [3.8, 4) is 0 Å². The molecule has 5 heteroatoms. The van der Waals surface area contributed by atoms with E-state index in [1.54, 1.807) is 12.1 Å². The lowest BCUT2D eigenvalue weighted by Gasteiger charge is -2.19. The normalized spacial score (nSPS) is 11.3. The van der Waals surface area contributed by atoms with Gasteiger partial charge in [-0.15, -0.1) is 0 Å². The summed E-state index contributed by atoms with van der Waals surface area (Å²) in [6.07, 6.45) is 0. The van der Waals surface area contributed by atoms with Crippen molar-refractivity contribution >= 4 is 17.5 Å². The van der Waals surface area contributed by atoms with Crippen LogP contribution in [0.2, 0.25) is 0 Å². The van der Waals surface area contributed by atoms with Crippen LogP contribution in [-0.4, -0.2) is 9.97 Å². The molecule has 2 N–H and O–H groups in total. The Hall–Kier alpha value is -2.95. The molecular weight excluding hydrogens is 339 g/mol. The van der Waals surface area contributed by atoms with E-state index in [4.69, 9.17) is 0 Å². The van der Waals surface area contributed by atoms with Gasteiger partial charge in [0.05, 0.1) is 0 Å². The van der Waals surface area contributed by atoms with Crippen molar-refractivity contribution in [1.82, 2.24) is 9.97 Å². The second-order valence-corrected chi connectivity index (χ2v) is 7.65. The molecule has 0 spiro atoms. The summed E-state index contributed by atoms with van der Waals surface area (Å²) in [6.45, 7) is 9.07. The van der Waals surface area contributed by atoms with Gasteiger partial charge in [-0.05, 0) is 47.7 Å². The minimum absolute atomic E-state index is 0.121. The molecule has 27 heavy (non-hydrogen) atoms. The SMILES string of the molecule is Cc1cc(NCc2ccc(F)cc2)nc(Nc2ccc(C(C)(C)C)cc2)n1. The van der Waals surface area contributed by atoms with Crippen molar-refractivity contribution in [2.75, 3.05) is 10.6 Å². The molecule has 0 aliphatic heterocycles. The quantitative estimate of drug-likeness (QED) is 0.621. The number of hydrogen-bond donors (Lipinski definition) is 2. The summed E-state index contributed by atoms with van der Waals surface area (Å²) in [7, 11) is 0. The molecule has 0 unspecified atom stereocenters. The Kier molecular flexibility index (Phi) is 5.40. The van der Waals surface area contributed by atoms with Crippen molar-refractivity contribution in [3.63, 3.8) is 0 Å². The number of aryl methyl sites for hydroxylation is 1. The van der Waals surface area contributed by atoms with Gasteiger partial charge in [-0.1, -0.05) is 45.0 Å². The van der Waals surface area contributed by atoms with Gasteiger partial charge in [0.25, 0.3) is 0 Å². The number of benzene rings is 2. The van der Waals surface area contributed by atoms with Gasteiger partial charge in [0.2, 0.25) is 5.95 Å². The first-order chi connectivity index (χ1) is 12.8. The molecule has 140 valence electrons. The van der Waals surface area contributed by atoms with Gasteiger partial charge >= 0.3 is 0 Å². The number of hydrogen-bond acceptors (Lipinski definition) is 4. The lowest BCUT2D eigenvalue weighted by molar-refractivity contribution is 0.590. The zero-order chi connectivity index (χ0) is 19.4. The van der Waals surface area contributed by atoms with Crippen LogP contribution in [0.5, 0.6) is 0 Å². The van der Waals surface area contributed by atoms with Crippen LogP contribution in [0.1, 0.15) is 37.6 Å². The highest BCUT2D eigenvalue weighted by Crippen LogP contribution is 2.24. The molecule has 3 rings (SSSR count). The fraction of sp³-hybridized carbons (Fsp3) is 0.273. The summed E-state index contributed by atoms with van der Waals surface area (Å²) >= 11 is 0. The Bertz CT molecular complexity index is 897. The summed E-state index contributed by atoms with van der Waals surface area (Å²) in [6, 6.07) is 16.6. The van der Waals surface area contributed by atoms with Gasteiger partial charge in [0, 0.05) is 24.0 Å². The van der Waals surface area contributed by atoms with E-state index in [0.717, 1.165) is 22.8 Å². The van der Waals surface area contributed by atoms with Gasteiger partial charge in [-0.2, -0.15) is 4.98 Å². The Balaban J connectivity index is 1.70. The topological polar surface area (TPSA) is 49.8 Å². The zero-order valence-corrected chi connectivity index (χ0v) is 16.2.